The van der Waals surface area contributed by atoms with E-state index in [1.54, 1.807) is 0 Å². The zero-order chi connectivity index (χ0) is 13.8. The molecule has 0 aliphatic carbocycles. The van der Waals surface area contributed by atoms with Crippen LogP contribution in [0.4, 0.5) is 0 Å². The monoisotopic (exact) mass is 271 g/mol. The molecular weight excluding hydrogens is 250 g/mol. The van der Waals surface area contributed by atoms with Crippen LogP contribution in [0.2, 0.25) is 0 Å². The molecule has 1 rings (SSSR count). The number of rotatable bonds is 5. The Morgan fingerprint density at radius 3 is 2.17 bits per heavy atom. The minimum atomic E-state index is -3.38. The van der Waals surface area contributed by atoms with E-state index in [0.717, 1.165) is 5.75 Å². The van der Waals surface area contributed by atoms with Crippen molar-refractivity contribution in [3.05, 3.63) is 29.8 Å². The highest BCUT2D eigenvalue weighted by molar-refractivity contribution is 7.89. The molecule has 0 saturated heterocycles. The topological polar surface area (TPSA) is 69.4 Å². The van der Waals surface area contributed by atoms with Crippen LogP contribution in [0.1, 0.15) is 32.8 Å². The molecule has 102 valence electrons. The third-order valence-corrected chi connectivity index (χ3v) is 3.42. The summed E-state index contributed by atoms with van der Waals surface area (Å²) < 4.78 is 26.9. The van der Waals surface area contributed by atoms with Crippen LogP contribution in [0.25, 0.3) is 0 Å². The number of ether oxygens (including phenoxy) is 1. The average Bonchev–Trinajstić information content (AvgIpc) is 2.22. The minimum absolute atomic E-state index is 0.0485. The molecule has 2 N–H and O–H groups in total. The fraction of sp³-hybridized carbons (Fsp3) is 0.538. The van der Waals surface area contributed by atoms with Crippen molar-refractivity contribution in [3.8, 4) is 5.75 Å². The van der Waals surface area contributed by atoms with Crippen LogP contribution < -0.4 is 9.88 Å². The molecule has 0 aromatic heterocycles. The molecule has 4 nitrogen and oxygen atoms in total. The second kappa shape index (κ2) is 5.71. The Hall–Kier alpha value is -1.07. The molecule has 0 unspecified atom stereocenters. The zero-order valence-corrected chi connectivity index (χ0v) is 12.0. The molecule has 0 fully saturated rings. The van der Waals surface area contributed by atoms with Crippen molar-refractivity contribution >= 4 is 10.0 Å². The molecule has 0 aliphatic heterocycles. The van der Waals surface area contributed by atoms with Crippen molar-refractivity contribution in [1.29, 1.82) is 0 Å². The van der Waals surface area contributed by atoms with Crippen molar-refractivity contribution in [3.63, 3.8) is 0 Å². The fourth-order valence-electron chi connectivity index (χ4n) is 1.50. The van der Waals surface area contributed by atoms with Crippen molar-refractivity contribution in [2.45, 2.75) is 32.6 Å². The smallest absolute Gasteiger partial charge is 0.209 e. The number of hydrogen-bond acceptors (Lipinski definition) is 3. The van der Waals surface area contributed by atoms with Crippen LogP contribution in [0, 0.1) is 0 Å². The first-order chi connectivity index (χ1) is 8.18. The van der Waals surface area contributed by atoms with Gasteiger partial charge in [-0.25, -0.2) is 13.6 Å². The maximum atomic E-state index is 10.7. The summed E-state index contributed by atoms with van der Waals surface area (Å²) in [5.74, 6) is 0.699. The fourth-order valence-corrected chi connectivity index (χ4v) is 2.02. The molecule has 0 aliphatic rings. The highest BCUT2D eigenvalue weighted by Gasteiger charge is 2.12. The number of sulfonamides is 1. The molecule has 0 heterocycles. The predicted octanol–water partition coefficient (Wildman–Crippen LogP) is 2.04. The van der Waals surface area contributed by atoms with Gasteiger partial charge in [-0.15, -0.1) is 0 Å². The molecule has 0 bridgehead atoms. The lowest BCUT2D eigenvalue weighted by Gasteiger charge is -2.19. The summed E-state index contributed by atoms with van der Waals surface area (Å²) in [5.41, 5.74) is 1.35. The van der Waals surface area contributed by atoms with Gasteiger partial charge in [-0.2, -0.15) is 0 Å². The van der Waals surface area contributed by atoms with Crippen molar-refractivity contribution in [2.75, 3.05) is 12.4 Å². The summed E-state index contributed by atoms with van der Waals surface area (Å²) in [5, 5.41) is 4.90. The standard InChI is InChI=1S/C13H21NO3S/c1-13(2,3)11-5-7-12(8-6-11)17-9-4-10-18(14,15)16/h5-8H,4,9-10H2,1-3H3,(H2,14,15,16). The quantitative estimate of drug-likeness (QED) is 0.833. The van der Waals surface area contributed by atoms with E-state index in [0.29, 0.717) is 13.0 Å². The largest absolute Gasteiger partial charge is 0.494 e. The Bertz CT molecular complexity index is 472. The third kappa shape index (κ3) is 5.51. The van der Waals surface area contributed by atoms with Crippen LogP contribution in [0.5, 0.6) is 5.75 Å². The first-order valence-corrected chi connectivity index (χ1v) is 7.64. The van der Waals surface area contributed by atoms with Gasteiger partial charge in [0.15, 0.2) is 0 Å². The summed E-state index contributed by atoms with van der Waals surface area (Å²) in [7, 11) is -3.38. The Morgan fingerprint density at radius 2 is 1.72 bits per heavy atom. The molecular formula is C13H21NO3S. The molecule has 0 atom stereocenters. The number of primary sulfonamides is 1. The van der Waals surface area contributed by atoms with Crippen molar-refractivity contribution < 1.29 is 13.2 Å². The SMILES string of the molecule is CC(C)(C)c1ccc(OCCCS(N)(=O)=O)cc1. The van der Waals surface area contributed by atoms with Crippen LogP contribution in [-0.2, 0) is 15.4 Å². The summed E-state index contributed by atoms with van der Waals surface area (Å²) >= 11 is 0. The molecule has 0 saturated carbocycles. The van der Waals surface area contributed by atoms with Gasteiger partial charge in [-0.3, -0.25) is 0 Å². The molecule has 18 heavy (non-hydrogen) atoms. The van der Waals surface area contributed by atoms with Gasteiger partial charge >= 0.3 is 0 Å². The molecule has 1 aromatic carbocycles. The summed E-state index contributed by atoms with van der Waals surface area (Å²) in [6, 6.07) is 7.85. The molecule has 5 heteroatoms. The van der Waals surface area contributed by atoms with Crippen LogP contribution >= 0.6 is 0 Å². The summed E-state index contributed by atoms with van der Waals surface area (Å²) in [6.45, 7) is 6.80. The molecule has 0 radical (unpaired) electrons. The van der Waals surface area contributed by atoms with E-state index < -0.39 is 10.0 Å². The third-order valence-electron chi connectivity index (χ3n) is 2.56. The second-order valence-corrected chi connectivity index (χ2v) is 7.08. The number of hydrogen-bond donors (Lipinski definition) is 1. The zero-order valence-electron chi connectivity index (χ0n) is 11.1. The Balaban J connectivity index is 2.45. The normalized spacial score (nSPS) is 12.4. The highest BCUT2D eigenvalue weighted by Crippen LogP contribution is 2.24. The highest BCUT2D eigenvalue weighted by atomic mass is 32.2. The number of nitrogens with two attached hydrogens (primary N) is 1. The van der Waals surface area contributed by atoms with Crippen molar-refractivity contribution in [2.24, 2.45) is 5.14 Å². The summed E-state index contributed by atoms with van der Waals surface area (Å²) in [4.78, 5) is 0. The van der Waals surface area contributed by atoms with E-state index in [9.17, 15) is 8.42 Å². The van der Waals surface area contributed by atoms with E-state index in [1.165, 1.54) is 5.56 Å². The lowest BCUT2D eigenvalue weighted by Crippen LogP contribution is -2.18. The average molecular weight is 271 g/mol. The first-order valence-electron chi connectivity index (χ1n) is 5.92. The van der Waals surface area contributed by atoms with Gasteiger partial charge in [0.05, 0.1) is 12.4 Å². The Morgan fingerprint density at radius 1 is 1.17 bits per heavy atom. The number of benzene rings is 1. The van der Waals surface area contributed by atoms with Crippen LogP contribution in [0.3, 0.4) is 0 Å². The predicted molar refractivity (Wildman–Crippen MR) is 73.2 cm³/mol. The van der Waals surface area contributed by atoms with Gasteiger partial charge in [0.1, 0.15) is 5.75 Å². The maximum Gasteiger partial charge on any atom is 0.209 e. The Kier molecular flexibility index (Phi) is 4.76. The van der Waals surface area contributed by atoms with Crippen LogP contribution in [-0.4, -0.2) is 20.8 Å². The van der Waals surface area contributed by atoms with Gasteiger partial charge in [0, 0.05) is 0 Å². The van der Waals surface area contributed by atoms with E-state index >= 15 is 0 Å². The Labute approximate surface area is 109 Å². The van der Waals surface area contributed by atoms with Gasteiger partial charge in [0.25, 0.3) is 0 Å². The lowest BCUT2D eigenvalue weighted by atomic mass is 9.87. The van der Waals surface area contributed by atoms with Gasteiger partial charge in [-0.05, 0) is 29.5 Å². The second-order valence-electron chi connectivity index (χ2n) is 5.34. The van der Waals surface area contributed by atoms with Crippen LogP contribution in [0.15, 0.2) is 24.3 Å². The lowest BCUT2D eigenvalue weighted by molar-refractivity contribution is 0.317. The first kappa shape index (κ1) is 15.0. The van der Waals surface area contributed by atoms with E-state index in [1.807, 2.05) is 24.3 Å². The van der Waals surface area contributed by atoms with E-state index in [4.69, 9.17) is 9.88 Å². The molecule has 0 spiro atoms. The van der Waals surface area contributed by atoms with E-state index in [2.05, 4.69) is 20.8 Å². The molecule has 0 amide bonds. The minimum Gasteiger partial charge on any atom is -0.494 e. The van der Waals surface area contributed by atoms with E-state index in [-0.39, 0.29) is 11.2 Å². The van der Waals surface area contributed by atoms with Crippen molar-refractivity contribution in [1.82, 2.24) is 0 Å². The van der Waals surface area contributed by atoms with Gasteiger partial charge in [0.2, 0.25) is 10.0 Å². The van der Waals surface area contributed by atoms with Gasteiger partial charge < -0.3 is 4.74 Å². The summed E-state index contributed by atoms with van der Waals surface area (Å²) in [6.07, 6.45) is 0.403. The van der Waals surface area contributed by atoms with Gasteiger partial charge in [-0.1, -0.05) is 32.9 Å². The molecule has 1 aromatic rings. The maximum absolute atomic E-state index is 10.7.